The van der Waals surface area contributed by atoms with E-state index in [1.807, 2.05) is 25.3 Å². The van der Waals surface area contributed by atoms with Crippen molar-refractivity contribution in [1.82, 2.24) is 24.8 Å². The number of thiophene rings is 1. The molecule has 0 fully saturated rings. The summed E-state index contributed by atoms with van der Waals surface area (Å²) in [7, 11) is 0. The van der Waals surface area contributed by atoms with E-state index >= 15 is 0 Å². The van der Waals surface area contributed by atoms with Crippen molar-refractivity contribution in [2.24, 2.45) is 5.92 Å². The van der Waals surface area contributed by atoms with Crippen LogP contribution in [0, 0.1) is 19.8 Å². The van der Waals surface area contributed by atoms with Crippen LogP contribution in [0.2, 0.25) is 0 Å². The van der Waals surface area contributed by atoms with Crippen molar-refractivity contribution < 1.29 is 9.32 Å². The van der Waals surface area contributed by atoms with Crippen molar-refractivity contribution in [2.45, 2.75) is 52.6 Å². The molecule has 1 aliphatic heterocycles. The fraction of sp³-hybridized carbons (Fsp3) is 0.500. The number of aromatic nitrogens is 4. The van der Waals surface area contributed by atoms with E-state index in [9.17, 15) is 9.59 Å². The van der Waals surface area contributed by atoms with Gasteiger partial charge in [-0.2, -0.15) is 5.10 Å². The average molecular weight is 416 g/mol. The largest absolute Gasteiger partial charge is 0.361 e. The van der Waals surface area contributed by atoms with E-state index in [4.69, 9.17) is 4.52 Å². The van der Waals surface area contributed by atoms with Gasteiger partial charge in [0, 0.05) is 35.9 Å². The number of carbonyl (C=O) groups excluding carboxylic acids is 1. The first-order chi connectivity index (χ1) is 14.0. The molecule has 0 bridgehead atoms. The molecule has 8 nitrogen and oxygen atoms in total. The minimum atomic E-state index is -0.140. The molecule has 0 radical (unpaired) electrons. The van der Waals surface area contributed by atoms with Crippen LogP contribution in [0.25, 0.3) is 0 Å². The minimum absolute atomic E-state index is 0.0726. The standard InChI is InChI=1S/C20H25N5O3S/c1-13-17(14(2)28-23-13)12-25-20(27)24-10-8-15(5-6-18(24)22-25)19(26)21-9-7-16-4-3-11-29-16/h3-4,11,15H,5-10,12H2,1-2H3,(H,21,26). The Labute approximate surface area is 172 Å². The highest BCUT2D eigenvalue weighted by Crippen LogP contribution is 2.19. The molecule has 29 heavy (non-hydrogen) atoms. The number of nitrogens with zero attached hydrogens (tertiary/aromatic N) is 4. The second-order valence-corrected chi connectivity index (χ2v) is 8.49. The van der Waals surface area contributed by atoms with Crippen molar-refractivity contribution >= 4 is 17.2 Å². The highest BCUT2D eigenvalue weighted by Gasteiger charge is 2.25. The Morgan fingerprint density at radius 1 is 1.38 bits per heavy atom. The van der Waals surface area contributed by atoms with Gasteiger partial charge in [0.05, 0.1) is 12.2 Å². The highest BCUT2D eigenvalue weighted by molar-refractivity contribution is 7.09. The summed E-state index contributed by atoms with van der Waals surface area (Å²) < 4.78 is 8.36. The zero-order valence-corrected chi connectivity index (χ0v) is 17.5. The van der Waals surface area contributed by atoms with Crippen LogP contribution in [0.15, 0.2) is 26.8 Å². The average Bonchev–Trinajstić information content (AvgIpc) is 3.35. The SMILES string of the molecule is Cc1noc(C)c1Cn1nc2n(c1=O)CCC(C(=O)NCCc1cccs1)CC2. The van der Waals surface area contributed by atoms with E-state index in [-0.39, 0.29) is 17.5 Å². The summed E-state index contributed by atoms with van der Waals surface area (Å²) in [6, 6.07) is 4.10. The van der Waals surface area contributed by atoms with Crippen LogP contribution in [-0.2, 0) is 30.7 Å². The molecular formula is C20H25N5O3S. The molecule has 4 rings (SSSR count). The summed E-state index contributed by atoms with van der Waals surface area (Å²) in [5.41, 5.74) is 1.53. The number of hydrogen-bond acceptors (Lipinski definition) is 6. The van der Waals surface area contributed by atoms with E-state index < -0.39 is 0 Å². The topological polar surface area (TPSA) is 94.9 Å². The molecule has 3 aromatic rings. The van der Waals surface area contributed by atoms with Crippen LogP contribution in [-0.4, -0.2) is 32.0 Å². The monoisotopic (exact) mass is 415 g/mol. The fourth-order valence-electron chi connectivity index (χ4n) is 3.78. The van der Waals surface area contributed by atoms with Gasteiger partial charge in [-0.15, -0.1) is 11.3 Å². The molecule has 0 saturated carbocycles. The van der Waals surface area contributed by atoms with Crippen molar-refractivity contribution in [2.75, 3.05) is 6.54 Å². The molecule has 1 N–H and O–H groups in total. The third kappa shape index (κ3) is 4.19. The maximum absolute atomic E-state index is 12.8. The van der Waals surface area contributed by atoms with Crippen molar-refractivity contribution in [3.05, 3.63) is 55.7 Å². The van der Waals surface area contributed by atoms with Gasteiger partial charge in [0.2, 0.25) is 5.91 Å². The Kier molecular flexibility index (Phi) is 5.66. The smallest absolute Gasteiger partial charge is 0.346 e. The Bertz CT molecular complexity index is 1030. The van der Waals surface area contributed by atoms with E-state index in [2.05, 4.69) is 21.6 Å². The fourth-order valence-corrected chi connectivity index (χ4v) is 4.49. The maximum atomic E-state index is 12.8. The maximum Gasteiger partial charge on any atom is 0.346 e. The van der Waals surface area contributed by atoms with Crippen LogP contribution < -0.4 is 11.0 Å². The number of carbonyl (C=O) groups is 1. The summed E-state index contributed by atoms with van der Waals surface area (Å²) in [5, 5.41) is 13.6. The predicted octanol–water partition coefficient (Wildman–Crippen LogP) is 2.07. The summed E-state index contributed by atoms with van der Waals surface area (Å²) in [5.74, 6) is 1.44. The second-order valence-electron chi connectivity index (χ2n) is 7.46. The molecule has 1 unspecified atom stereocenters. The Balaban J connectivity index is 1.37. The van der Waals surface area contributed by atoms with Gasteiger partial charge in [-0.1, -0.05) is 11.2 Å². The molecule has 0 aliphatic carbocycles. The first-order valence-electron chi connectivity index (χ1n) is 9.91. The summed E-state index contributed by atoms with van der Waals surface area (Å²) >= 11 is 1.70. The van der Waals surface area contributed by atoms with Crippen LogP contribution in [0.1, 0.15) is 40.6 Å². The molecule has 1 atom stereocenters. The quantitative estimate of drug-likeness (QED) is 0.665. The van der Waals surface area contributed by atoms with E-state index in [0.717, 1.165) is 23.5 Å². The molecule has 1 amide bonds. The molecule has 1 aliphatic rings. The highest BCUT2D eigenvalue weighted by atomic mass is 32.1. The number of aryl methyl sites for hydroxylation is 3. The van der Waals surface area contributed by atoms with Crippen LogP contribution in [0.4, 0.5) is 0 Å². The van der Waals surface area contributed by atoms with Crippen LogP contribution >= 0.6 is 11.3 Å². The van der Waals surface area contributed by atoms with Crippen LogP contribution in [0.3, 0.4) is 0 Å². The van der Waals surface area contributed by atoms with Crippen molar-refractivity contribution in [3.8, 4) is 0 Å². The van der Waals surface area contributed by atoms with Gasteiger partial charge in [0.1, 0.15) is 11.6 Å². The van der Waals surface area contributed by atoms with E-state index in [1.54, 1.807) is 15.9 Å². The Morgan fingerprint density at radius 3 is 2.97 bits per heavy atom. The third-order valence-corrected chi connectivity index (χ3v) is 6.46. The zero-order chi connectivity index (χ0) is 20.4. The van der Waals surface area contributed by atoms with Crippen molar-refractivity contribution in [1.29, 1.82) is 0 Å². The summed E-state index contributed by atoms with van der Waals surface area (Å²) in [6.45, 7) is 5.21. The first-order valence-corrected chi connectivity index (χ1v) is 10.8. The molecule has 9 heteroatoms. The normalized spacial score (nSPS) is 16.4. The van der Waals surface area contributed by atoms with Gasteiger partial charge in [-0.3, -0.25) is 9.36 Å². The predicted molar refractivity (Wildman–Crippen MR) is 109 cm³/mol. The molecule has 0 saturated heterocycles. The number of amides is 1. The lowest BCUT2D eigenvalue weighted by atomic mass is 9.99. The minimum Gasteiger partial charge on any atom is -0.361 e. The summed E-state index contributed by atoms with van der Waals surface area (Å²) in [4.78, 5) is 26.6. The van der Waals surface area contributed by atoms with Gasteiger partial charge in [0.15, 0.2) is 0 Å². The number of rotatable bonds is 6. The Hall–Kier alpha value is -2.68. The van der Waals surface area contributed by atoms with E-state index in [1.165, 1.54) is 9.56 Å². The second kappa shape index (κ2) is 8.36. The Morgan fingerprint density at radius 2 is 2.24 bits per heavy atom. The third-order valence-electron chi connectivity index (χ3n) is 5.53. The summed E-state index contributed by atoms with van der Waals surface area (Å²) in [6.07, 6.45) is 2.82. The molecular weight excluding hydrogens is 390 g/mol. The molecule has 4 heterocycles. The van der Waals surface area contributed by atoms with Gasteiger partial charge in [-0.05, 0) is 44.6 Å². The van der Waals surface area contributed by atoms with E-state index in [0.29, 0.717) is 44.7 Å². The molecule has 3 aromatic heterocycles. The first kappa shape index (κ1) is 19.6. The number of nitrogens with one attached hydrogen (secondary N) is 1. The lowest BCUT2D eigenvalue weighted by molar-refractivity contribution is -0.125. The molecule has 0 spiro atoms. The number of fused-ring (bicyclic) bond motifs is 1. The number of hydrogen-bond donors (Lipinski definition) is 1. The van der Waals surface area contributed by atoms with Gasteiger partial charge >= 0.3 is 5.69 Å². The lowest BCUT2D eigenvalue weighted by Gasteiger charge is -2.13. The zero-order valence-electron chi connectivity index (χ0n) is 16.7. The molecule has 0 aromatic carbocycles. The van der Waals surface area contributed by atoms with Gasteiger partial charge in [-0.25, -0.2) is 9.48 Å². The van der Waals surface area contributed by atoms with Crippen molar-refractivity contribution in [3.63, 3.8) is 0 Å². The molecule has 154 valence electrons. The van der Waals surface area contributed by atoms with Gasteiger partial charge in [0.25, 0.3) is 0 Å². The van der Waals surface area contributed by atoms with Gasteiger partial charge < -0.3 is 9.84 Å². The van der Waals surface area contributed by atoms with Crippen LogP contribution in [0.5, 0.6) is 0 Å². The lowest BCUT2D eigenvalue weighted by Crippen LogP contribution is -2.33.